The highest BCUT2D eigenvalue weighted by Crippen LogP contribution is 2.41. The summed E-state index contributed by atoms with van der Waals surface area (Å²) in [6.45, 7) is 12.6. The van der Waals surface area contributed by atoms with Crippen LogP contribution in [0.5, 0.6) is 0 Å². The fourth-order valence-electron chi connectivity index (χ4n) is 6.02. The third kappa shape index (κ3) is 9.75. The Morgan fingerprint density at radius 1 is 0.782 bits per heavy atom. The molecule has 290 valence electrons. The van der Waals surface area contributed by atoms with E-state index in [2.05, 4.69) is 15.8 Å². The fraction of sp³-hybridized carbons (Fsp3) is 0.366. The van der Waals surface area contributed by atoms with Crippen molar-refractivity contribution >= 4 is 45.9 Å². The number of amides is 2. The summed E-state index contributed by atoms with van der Waals surface area (Å²) in [5, 5.41) is 13.5. The Morgan fingerprint density at radius 3 is 1.71 bits per heavy atom. The van der Waals surface area contributed by atoms with E-state index >= 15 is 0 Å². The van der Waals surface area contributed by atoms with Crippen LogP contribution >= 0.6 is 11.3 Å². The van der Waals surface area contributed by atoms with E-state index in [9.17, 15) is 19.2 Å². The second-order valence-corrected chi connectivity index (χ2v) is 16.2. The number of carbonyl (C=O) groups is 4. The number of oxime groups is 1. The number of aromatic nitrogens is 1. The van der Waals surface area contributed by atoms with Gasteiger partial charge in [0.15, 0.2) is 17.5 Å². The summed E-state index contributed by atoms with van der Waals surface area (Å²) in [6, 6.07) is 28.8. The van der Waals surface area contributed by atoms with Crippen molar-refractivity contribution in [2.24, 2.45) is 5.16 Å². The SMILES string of the molecule is CC(C)(C)OC(=O)CO/N=C(/C(=O)NC1C(=O)N(OCC(=O)OC(C)(C)C)C1(C)C)c1csc(NC(c2ccccc2)(c2ccccc2)c2ccccc2)n1. The number of carbonyl (C=O) groups excluding carboxylic acids is 4. The first-order valence-corrected chi connectivity index (χ1v) is 18.6. The molecular weight excluding hydrogens is 723 g/mol. The minimum atomic E-state index is -1.06. The van der Waals surface area contributed by atoms with Crippen LogP contribution in [0.4, 0.5) is 5.13 Å². The number of β-lactam (4-membered cyclic amide) rings is 1. The summed E-state index contributed by atoms with van der Waals surface area (Å²) in [7, 11) is 0. The Hall–Kier alpha value is -5.60. The normalized spacial score (nSPS) is 15.8. The molecule has 13 nitrogen and oxygen atoms in total. The average molecular weight is 770 g/mol. The van der Waals surface area contributed by atoms with Crippen LogP contribution < -0.4 is 10.6 Å². The van der Waals surface area contributed by atoms with Gasteiger partial charge in [-0.05, 0) is 72.1 Å². The number of benzene rings is 3. The summed E-state index contributed by atoms with van der Waals surface area (Å²) in [4.78, 5) is 67.6. The van der Waals surface area contributed by atoms with Crippen molar-refractivity contribution < 1.29 is 38.3 Å². The number of hydrogen-bond acceptors (Lipinski definition) is 12. The maximum atomic E-state index is 14.0. The summed E-state index contributed by atoms with van der Waals surface area (Å²) in [5.41, 5.74) is -0.792. The molecule has 0 aliphatic carbocycles. The van der Waals surface area contributed by atoms with Gasteiger partial charge in [0.25, 0.3) is 11.8 Å². The molecule has 3 aromatic carbocycles. The standard InChI is InChI=1S/C41H47N5O8S/c1-38(2,3)53-31(47)24-51-45-33(35(49)43-34-36(50)46(40(34,7)8)52-25-32(48)54-39(4,5)6)30-26-55-37(42-30)44-41(27-18-12-9-13-19-27,28-20-14-10-15-21-28)29-22-16-11-17-23-29/h9-23,26,34H,24-25H2,1-8H3,(H,42,44)(H,43,49)/b45-33+. The topological polar surface area (TPSA) is 158 Å². The smallest absolute Gasteiger partial charge is 0.347 e. The van der Waals surface area contributed by atoms with E-state index in [1.54, 1.807) is 60.8 Å². The van der Waals surface area contributed by atoms with Gasteiger partial charge in [-0.2, -0.15) is 0 Å². The molecule has 4 aromatic rings. The predicted octanol–water partition coefficient (Wildman–Crippen LogP) is 5.99. The quantitative estimate of drug-likeness (QED) is 0.0514. The third-order valence-electron chi connectivity index (χ3n) is 8.32. The highest BCUT2D eigenvalue weighted by Gasteiger charge is 2.57. The van der Waals surface area contributed by atoms with Gasteiger partial charge < -0.3 is 24.9 Å². The molecule has 0 saturated carbocycles. The van der Waals surface area contributed by atoms with Crippen LogP contribution in [-0.2, 0) is 43.9 Å². The Bertz CT molecular complexity index is 1910. The average Bonchev–Trinajstić information content (AvgIpc) is 3.58. The summed E-state index contributed by atoms with van der Waals surface area (Å²) >= 11 is 1.24. The Labute approximate surface area is 325 Å². The number of nitrogens with zero attached hydrogens (tertiary/aromatic N) is 3. The number of hydroxylamine groups is 2. The van der Waals surface area contributed by atoms with Crippen molar-refractivity contribution in [2.45, 2.75) is 83.7 Å². The lowest BCUT2D eigenvalue weighted by molar-refractivity contribution is -0.259. The summed E-state index contributed by atoms with van der Waals surface area (Å²) in [6.07, 6.45) is 0. The summed E-state index contributed by atoms with van der Waals surface area (Å²) < 4.78 is 10.6. The number of nitrogens with one attached hydrogen (secondary N) is 2. The van der Waals surface area contributed by atoms with Gasteiger partial charge in [-0.15, -0.1) is 11.3 Å². The van der Waals surface area contributed by atoms with Crippen LogP contribution in [0.25, 0.3) is 0 Å². The van der Waals surface area contributed by atoms with E-state index in [1.165, 1.54) is 11.3 Å². The van der Waals surface area contributed by atoms with Gasteiger partial charge in [-0.25, -0.2) is 19.6 Å². The molecule has 1 aliphatic rings. The largest absolute Gasteiger partial charge is 0.458 e. The first kappa shape index (κ1) is 40.6. The maximum absolute atomic E-state index is 14.0. The van der Waals surface area contributed by atoms with Crippen LogP contribution in [0.3, 0.4) is 0 Å². The number of rotatable bonds is 14. The second-order valence-electron chi connectivity index (χ2n) is 15.4. The molecule has 1 saturated heterocycles. The van der Waals surface area contributed by atoms with E-state index < -0.39 is 65.3 Å². The van der Waals surface area contributed by atoms with E-state index in [0.29, 0.717) is 5.13 Å². The van der Waals surface area contributed by atoms with E-state index in [-0.39, 0.29) is 11.4 Å². The molecule has 1 aromatic heterocycles. The number of esters is 2. The van der Waals surface area contributed by atoms with Crippen LogP contribution in [0, 0.1) is 0 Å². The molecule has 0 spiro atoms. The van der Waals surface area contributed by atoms with Gasteiger partial charge in [0.2, 0.25) is 6.61 Å². The number of ether oxygens (including phenoxy) is 2. The van der Waals surface area contributed by atoms with E-state index in [4.69, 9.17) is 24.1 Å². The molecule has 0 bridgehead atoms. The first-order chi connectivity index (χ1) is 25.9. The van der Waals surface area contributed by atoms with Crippen molar-refractivity contribution in [3.8, 4) is 0 Å². The molecule has 1 aliphatic heterocycles. The molecule has 2 amide bonds. The zero-order valence-electron chi connectivity index (χ0n) is 32.2. The van der Waals surface area contributed by atoms with Crippen molar-refractivity contribution in [2.75, 3.05) is 18.5 Å². The monoisotopic (exact) mass is 769 g/mol. The fourth-order valence-corrected chi connectivity index (χ4v) is 6.77. The van der Waals surface area contributed by atoms with Crippen LogP contribution in [-0.4, -0.2) is 75.5 Å². The van der Waals surface area contributed by atoms with Crippen LogP contribution in [0.1, 0.15) is 77.8 Å². The molecular formula is C41H47N5O8S. The number of hydrogen-bond donors (Lipinski definition) is 2. The molecule has 5 rings (SSSR count). The van der Waals surface area contributed by atoms with E-state index in [1.807, 2.05) is 91.0 Å². The van der Waals surface area contributed by atoms with Gasteiger partial charge in [-0.1, -0.05) is 96.2 Å². The lowest BCUT2D eigenvalue weighted by Crippen LogP contribution is -2.76. The van der Waals surface area contributed by atoms with Crippen molar-refractivity contribution in [1.29, 1.82) is 0 Å². The van der Waals surface area contributed by atoms with Crippen molar-refractivity contribution in [1.82, 2.24) is 15.4 Å². The second kappa shape index (κ2) is 16.4. The van der Waals surface area contributed by atoms with Gasteiger partial charge in [-0.3, -0.25) is 14.4 Å². The molecule has 14 heteroatoms. The Balaban J connectivity index is 1.45. The Kier molecular flexibility index (Phi) is 12.1. The maximum Gasteiger partial charge on any atom is 0.347 e. The summed E-state index contributed by atoms with van der Waals surface area (Å²) in [5.74, 6) is -2.72. The van der Waals surface area contributed by atoms with Crippen molar-refractivity contribution in [3.05, 3.63) is 119 Å². The third-order valence-corrected chi connectivity index (χ3v) is 9.08. The molecule has 1 unspecified atom stereocenters. The highest BCUT2D eigenvalue weighted by atomic mass is 32.1. The van der Waals surface area contributed by atoms with E-state index in [0.717, 1.165) is 21.8 Å². The number of thiazole rings is 1. The van der Waals surface area contributed by atoms with Crippen LogP contribution in [0.2, 0.25) is 0 Å². The number of anilines is 1. The van der Waals surface area contributed by atoms with Crippen molar-refractivity contribution in [3.63, 3.8) is 0 Å². The molecule has 2 heterocycles. The van der Waals surface area contributed by atoms with Crippen LogP contribution in [0.15, 0.2) is 102 Å². The predicted molar refractivity (Wildman–Crippen MR) is 208 cm³/mol. The first-order valence-electron chi connectivity index (χ1n) is 17.7. The molecule has 1 atom stereocenters. The molecule has 1 fully saturated rings. The van der Waals surface area contributed by atoms with Gasteiger partial charge in [0, 0.05) is 5.38 Å². The molecule has 0 radical (unpaired) electrons. The van der Waals surface area contributed by atoms with Gasteiger partial charge in [0.05, 0.1) is 5.54 Å². The molecule has 2 N–H and O–H groups in total. The zero-order chi connectivity index (χ0) is 40.0. The van der Waals surface area contributed by atoms with Gasteiger partial charge >= 0.3 is 11.9 Å². The van der Waals surface area contributed by atoms with Gasteiger partial charge in [0.1, 0.15) is 28.5 Å². The minimum Gasteiger partial charge on any atom is -0.458 e. The zero-order valence-corrected chi connectivity index (χ0v) is 33.1. The highest BCUT2D eigenvalue weighted by molar-refractivity contribution is 7.14. The minimum absolute atomic E-state index is 0.125. The lowest BCUT2D eigenvalue weighted by atomic mass is 9.77. The lowest BCUT2D eigenvalue weighted by Gasteiger charge is -2.51. The molecule has 55 heavy (non-hydrogen) atoms. The Morgan fingerprint density at radius 2 is 1.25 bits per heavy atom.